The largest absolute Gasteiger partial charge is 0.352 e. The summed E-state index contributed by atoms with van der Waals surface area (Å²) in [5.41, 5.74) is 1.37. The van der Waals surface area contributed by atoms with Gasteiger partial charge in [-0.15, -0.1) is 37.2 Å². The van der Waals surface area contributed by atoms with E-state index >= 15 is 0 Å². The molecular formula is C19H33Cl3N4O. The zero-order valence-corrected chi connectivity index (χ0v) is 18.4. The summed E-state index contributed by atoms with van der Waals surface area (Å²) in [7, 11) is 0. The van der Waals surface area contributed by atoms with Gasteiger partial charge in [-0.1, -0.05) is 30.3 Å². The minimum Gasteiger partial charge on any atom is -0.352 e. The lowest BCUT2D eigenvalue weighted by molar-refractivity contribution is -0.127. The number of nitrogens with one attached hydrogen (secondary N) is 2. The summed E-state index contributed by atoms with van der Waals surface area (Å²) in [5, 5.41) is 6.61. The van der Waals surface area contributed by atoms with Gasteiger partial charge < -0.3 is 10.6 Å². The molecule has 156 valence electrons. The van der Waals surface area contributed by atoms with Crippen molar-refractivity contribution in [1.29, 1.82) is 0 Å². The number of halogens is 3. The van der Waals surface area contributed by atoms with E-state index in [9.17, 15) is 4.79 Å². The smallest absolute Gasteiger partial charge is 0.237 e. The van der Waals surface area contributed by atoms with Crippen molar-refractivity contribution < 1.29 is 4.79 Å². The fraction of sp³-hybridized carbons (Fsp3) is 0.632. The molecule has 0 spiro atoms. The molecule has 0 saturated carbocycles. The van der Waals surface area contributed by atoms with Gasteiger partial charge in [-0.05, 0) is 25.3 Å². The highest BCUT2D eigenvalue weighted by molar-refractivity contribution is 5.86. The lowest BCUT2D eigenvalue weighted by Gasteiger charge is -2.35. The monoisotopic (exact) mass is 438 g/mol. The zero-order chi connectivity index (χ0) is 16.8. The van der Waals surface area contributed by atoms with Crippen molar-refractivity contribution in [1.82, 2.24) is 20.4 Å². The van der Waals surface area contributed by atoms with E-state index in [4.69, 9.17) is 0 Å². The molecule has 2 heterocycles. The van der Waals surface area contributed by atoms with Crippen molar-refractivity contribution in [3.63, 3.8) is 0 Å². The molecule has 1 unspecified atom stereocenters. The van der Waals surface area contributed by atoms with Crippen LogP contribution < -0.4 is 10.6 Å². The predicted octanol–water partition coefficient (Wildman–Crippen LogP) is 2.33. The van der Waals surface area contributed by atoms with Crippen LogP contribution in [0.1, 0.15) is 25.3 Å². The fourth-order valence-corrected chi connectivity index (χ4v) is 3.63. The van der Waals surface area contributed by atoms with Crippen molar-refractivity contribution in [3.05, 3.63) is 35.9 Å². The summed E-state index contributed by atoms with van der Waals surface area (Å²) in [5.74, 6) is 0.193. The Labute approximate surface area is 181 Å². The first kappa shape index (κ1) is 26.4. The van der Waals surface area contributed by atoms with Crippen LogP contribution in [0.2, 0.25) is 0 Å². The van der Waals surface area contributed by atoms with Gasteiger partial charge in [-0.25, -0.2) is 0 Å². The minimum absolute atomic E-state index is 0. The average Bonchev–Trinajstić information content (AvgIpc) is 2.64. The number of hydrogen-bond donors (Lipinski definition) is 2. The highest BCUT2D eigenvalue weighted by Crippen LogP contribution is 2.14. The second kappa shape index (κ2) is 13.6. The lowest BCUT2D eigenvalue weighted by atomic mass is 10.0. The van der Waals surface area contributed by atoms with Gasteiger partial charge >= 0.3 is 0 Å². The highest BCUT2D eigenvalue weighted by Gasteiger charge is 2.26. The zero-order valence-electron chi connectivity index (χ0n) is 15.9. The third-order valence-electron chi connectivity index (χ3n) is 5.26. The van der Waals surface area contributed by atoms with Gasteiger partial charge in [0.05, 0.1) is 6.04 Å². The van der Waals surface area contributed by atoms with Crippen molar-refractivity contribution in [2.45, 2.75) is 38.4 Å². The van der Waals surface area contributed by atoms with Crippen LogP contribution in [0, 0.1) is 0 Å². The Morgan fingerprint density at radius 1 is 1.07 bits per heavy atom. The number of carbonyl (C=O) groups is 1. The van der Waals surface area contributed by atoms with Gasteiger partial charge in [0, 0.05) is 51.9 Å². The van der Waals surface area contributed by atoms with Gasteiger partial charge in [0.1, 0.15) is 0 Å². The Morgan fingerprint density at radius 3 is 2.26 bits per heavy atom. The van der Waals surface area contributed by atoms with Crippen LogP contribution in [0.4, 0.5) is 0 Å². The first-order chi connectivity index (χ1) is 11.7. The second-order valence-corrected chi connectivity index (χ2v) is 7.01. The predicted molar refractivity (Wildman–Crippen MR) is 119 cm³/mol. The Balaban J connectivity index is 0.00000225. The number of carbonyl (C=O) groups excluding carboxylic acids is 1. The summed E-state index contributed by atoms with van der Waals surface area (Å²) >= 11 is 0. The highest BCUT2D eigenvalue weighted by atomic mass is 35.5. The molecule has 1 atom stereocenters. The van der Waals surface area contributed by atoms with E-state index in [1.165, 1.54) is 5.56 Å². The molecule has 0 aliphatic carbocycles. The minimum atomic E-state index is -0.0190. The first-order valence-corrected chi connectivity index (χ1v) is 9.24. The van der Waals surface area contributed by atoms with Crippen molar-refractivity contribution >= 4 is 43.1 Å². The van der Waals surface area contributed by atoms with E-state index in [0.717, 1.165) is 58.7 Å². The van der Waals surface area contributed by atoms with E-state index in [-0.39, 0.29) is 49.2 Å². The maximum atomic E-state index is 12.5. The van der Waals surface area contributed by atoms with Gasteiger partial charge in [-0.3, -0.25) is 14.6 Å². The first-order valence-electron chi connectivity index (χ1n) is 9.24. The Hall–Kier alpha value is -0.560. The average molecular weight is 440 g/mol. The van der Waals surface area contributed by atoms with Crippen LogP contribution in [0.3, 0.4) is 0 Å². The molecule has 1 amide bonds. The number of benzene rings is 1. The third kappa shape index (κ3) is 8.14. The molecule has 8 heteroatoms. The van der Waals surface area contributed by atoms with Crippen LogP contribution in [-0.2, 0) is 11.3 Å². The molecule has 2 fully saturated rings. The summed E-state index contributed by atoms with van der Waals surface area (Å²) in [6.45, 7) is 9.05. The van der Waals surface area contributed by atoms with Crippen LogP contribution in [0.15, 0.2) is 30.3 Å². The van der Waals surface area contributed by atoms with Crippen LogP contribution in [0.5, 0.6) is 0 Å². The lowest BCUT2D eigenvalue weighted by Crippen LogP contribution is -2.55. The molecule has 2 aliphatic rings. The SMILES string of the molecule is CC(C(=O)NC1CCN(Cc2ccccc2)CC1)N1CCNCC1.Cl.Cl.Cl. The second-order valence-electron chi connectivity index (χ2n) is 7.01. The number of rotatable bonds is 5. The van der Waals surface area contributed by atoms with Crippen molar-refractivity contribution in [2.24, 2.45) is 0 Å². The van der Waals surface area contributed by atoms with Gasteiger partial charge in [0.25, 0.3) is 0 Å². The molecular weight excluding hydrogens is 407 g/mol. The van der Waals surface area contributed by atoms with E-state index in [1.807, 2.05) is 6.92 Å². The summed E-state index contributed by atoms with van der Waals surface area (Å²) in [6, 6.07) is 10.9. The molecule has 0 radical (unpaired) electrons. The van der Waals surface area contributed by atoms with Gasteiger partial charge in [-0.2, -0.15) is 0 Å². The number of nitrogens with zero attached hydrogens (tertiary/aromatic N) is 2. The van der Waals surface area contributed by atoms with Crippen molar-refractivity contribution in [2.75, 3.05) is 39.3 Å². The molecule has 2 N–H and O–H groups in total. The van der Waals surface area contributed by atoms with E-state index in [1.54, 1.807) is 0 Å². The third-order valence-corrected chi connectivity index (χ3v) is 5.26. The molecule has 3 rings (SSSR count). The van der Waals surface area contributed by atoms with Gasteiger partial charge in [0.2, 0.25) is 5.91 Å². The molecule has 0 bridgehead atoms. The number of likely N-dealkylation sites (tertiary alicyclic amines) is 1. The van der Waals surface area contributed by atoms with E-state index in [0.29, 0.717) is 6.04 Å². The molecule has 1 aromatic carbocycles. The summed E-state index contributed by atoms with van der Waals surface area (Å²) in [4.78, 5) is 17.3. The van der Waals surface area contributed by atoms with Crippen molar-refractivity contribution in [3.8, 4) is 0 Å². The Kier molecular flexibility index (Phi) is 13.3. The maximum Gasteiger partial charge on any atom is 0.237 e. The quantitative estimate of drug-likeness (QED) is 0.739. The molecule has 1 aromatic rings. The van der Waals surface area contributed by atoms with Crippen LogP contribution in [0.25, 0.3) is 0 Å². The van der Waals surface area contributed by atoms with E-state index in [2.05, 4.69) is 50.8 Å². The molecule has 5 nitrogen and oxygen atoms in total. The molecule has 27 heavy (non-hydrogen) atoms. The maximum absolute atomic E-state index is 12.5. The van der Waals surface area contributed by atoms with Crippen LogP contribution in [-0.4, -0.2) is 67.1 Å². The molecule has 0 aromatic heterocycles. The fourth-order valence-electron chi connectivity index (χ4n) is 3.63. The molecule has 2 saturated heterocycles. The van der Waals surface area contributed by atoms with Gasteiger partial charge in [0.15, 0.2) is 0 Å². The normalized spacial score (nSPS) is 19.7. The summed E-state index contributed by atoms with van der Waals surface area (Å²) in [6.07, 6.45) is 2.10. The number of piperazine rings is 1. The number of hydrogen-bond acceptors (Lipinski definition) is 4. The van der Waals surface area contributed by atoms with Crippen LogP contribution >= 0.6 is 37.2 Å². The molecule has 2 aliphatic heterocycles. The topological polar surface area (TPSA) is 47.6 Å². The number of piperidine rings is 1. The standard InChI is InChI=1S/C19H30N4O.3ClH/c1-16(23-13-9-20-10-14-23)19(24)21-18-7-11-22(12-8-18)15-17-5-3-2-4-6-17;;;/h2-6,16,18,20H,7-15H2,1H3,(H,21,24);3*1H. The Bertz CT molecular complexity index is 521. The van der Waals surface area contributed by atoms with E-state index < -0.39 is 0 Å². The number of amides is 1. The summed E-state index contributed by atoms with van der Waals surface area (Å²) < 4.78 is 0. The Morgan fingerprint density at radius 2 is 1.67 bits per heavy atom.